The first-order chi connectivity index (χ1) is 13.0. The van der Waals surface area contributed by atoms with E-state index in [0.717, 1.165) is 12.1 Å². The summed E-state index contributed by atoms with van der Waals surface area (Å²) in [6.45, 7) is 0.172. The second kappa shape index (κ2) is 8.22. The zero-order valence-electron chi connectivity index (χ0n) is 14.1. The maximum atomic E-state index is 13.3. The molecule has 1 amide bonds. The fraction of sp³-hybridized carbons (Fsp3) is 0.105. The van der Waals surface area contributed by atoms with Crippen LogP contribution in [0.3, 0.4) is 0 Å². The Bertz CT molecular complexity index is 1000. The van der Waals surface area contributed by atoms with Gasteiger partial charge in [-0.15, -0.1) is 0 Å². The summed E-state index contributed by atoms with van der Waals surface area (Å²) < 4.78 is 33.4. The van der Waals surface area contributed by atoms with Crippen molar-refractivity contribution in [3.63, 3.8) is 0 Å². The maximum Gasteiger partial charge on any atom is 0.240 e. The van der Waals surface area contributed by atoms with Gasteiger partial charge in [0.25, 0.3) is 0 Å². The lowest BCUT2D eigenvalue weighted by atomic mass is 10.2. The number of nitrogens with one attached hydrogen (secondary N) is 1. The highest BCUT2D eigenvalue weighted by Gasteiger charge is 2.10. The summed E-state index contributed by atoms with van der Waals surface area (Å²) in [5.74, 6) is -2.01. The SMILES string of the molecule is O=C(Cn1ccc(=O)cc1)NCc1cccnc1Oc1ccc(F)c(F)c1. The molecule has 2 heterocycles. The first-order valence-corrected chi connectivity index (χ1v) is 8.01. The van der Waals surface area contributed by atoms with Gasteiger partial charge in [-0.2, -0.15) is 0 Å². The van der Waals surface area contributed by atoms with E-state index in [0.29, 0.717) is 5.56 Å². The van der Waals surface area contributed by atoms with Gasteiger partial charge < -0.3 is 14.6 Å². The van der Waals surface area contributed by atoms with Crippen LogP contribution >= 0.6 is 0 Å². The number of halogens is 2. The van der Waals surface area contributed by atoms with Gasteiger partial charge in [0.2, 0.25) is 11.8 Å². The van der Waals surface area contributed by atoms with Crippen molar-refractivity contribution in [2.24, 2.45) is 0 Å². The van der Waals surface area contributed by atoms with Crippen molar-refractivity contribution >= 4 is 5.91 Å². The normalized spacial score (nSPS) is 10.4. The quantitative estimate of drug-likeness (QED) is 0.723. The largest absolute Gasteiger partial charge is 0.439 e. The highest BCUT2D eigenvalue weighted by molar-refractivity contribution is 5.75. The van der Waals surface area contributed by atoms with Crippen LogP contribution in [0, 0.1) is 11.6 Å². The summed E-state index contributed by atoms with van der Waals surface area (Å²) in [5, 5.41) is 2.72. The summed E-state index contributed by atoms with van der Waals surface area (Å²) in [7, 11) is 0. The van der Waals surface area contributed by atoms with Gasteiger partial charge in [0.15, 0.2) is 17.1 Å². The number of hydrogen-bond acceptors (Lipinski definition) is 4. The van der Waals surface area contributed by atoms with Gasteiger partial charge in [0.05, 0.1) is 0 Å². The standard InChI is InChI=1S/C19H15F2N3O3/c20-16-4-3-15(10-17(16)21)27-19-13(2-1-7-22-19)11-23-18(26)12-24-8-5-14(25)6-9-24/h1-10H,11-12H2,(H,23,26). The van der Waals surface area contributed by atoms with Crippen molar-refractivity contribution in [1.82, 2.24) is 14.9 Å². The Labute approximate surface area is 153 Å². The number of nitrogens with zero attached hydrogens (tertiary/aromatic N) is 2. The van der Waals surface area contributed by atoms with E-state index < -0.39 is 11.6 Å². The third kappa shape index (κ3) is 4.97. The molecule has 138 valence electrons. The number of aromatic nitrogens is 2. The fourth-order valence-corrected chi connectivity index (χ4v) is 2.27. The Morgan fingerprint density at radius 3 is 2.63 bits per heavy atom. The van der Waals surface area contributed by atoms with E-state index in [1.807, 2.05) is 0 Å². The van der Waals surface area contributed by atoms with E-state index in [9.17, 15) is 18.4 Å². The number of benzene rings is 1. The molecule has 0 aliphatic rings. The predicted molar refractivity (Wildman–Crippen MR) is 93.2 cm³/mol. The Hall–Kier alpha value is -3.55. The third-order valence-corrected chi connectivity index (χ3v) is 3.62. The Morgan fingerprint density at radius 1 is 1.11 bits per heavy atom. The second-order valence-corrected chi connectivity index (χ2v) is 5.63. The Kier molecular flexibility index (Phi) is 5.55. The number of ether oxygens (including phenoxy) is 1. The zero-order chi connectivity index (χ0) is 19.2. The van der Waals surface area contributed by atoms with Crippen molar-refractivity contribution in [3.05, 3.63) is 88.5 Å². The van der Waals surface area contributed by atoms with E-state index in [2.05, 4.69) is 10.3 Å². The highest BCUT2D eigenvalue weighted by Crippen LogP contribution is 2.24. The minimum Gasteiger partial charge on any atom is -0.439 e. The van der Waals surface area contributed by atoms with Crippen LogP contribution in [-0.4, -0.2) is 15.5 Å². The molecule has 27 heavy (non-hydrogen) atoms. The number of amides is 1. The van der Waals surface area contributed by atoms with Crippen molar-refractivity contribution in [2.75, 3.05) is 0 Å². The molecular weight excluding hydrogens is 356 g/mol. The average molecular weight is 371 g/mol. The van der Waals surface area contributed by atoms with Crippen LogP contribution in [0.4, 0.5) is 8.78 Å². The maximum absolute atomic E-state index is 13.3. The zero-order valence-corrected chi connectivity index (χ0v) is 14.1. The highest BCUT2D eigenvalue weighted by atomic mass is 19.2. The smallest absolute Gasteiger partial charge is 0.240 e. The molecule has 0 spiro atoms. The monoisotopic (exact) mass is 371 g/mol. The first kappa shape index (κ1) is 18.2. The summed E-state index contributed by atoms with van der Waals surface area (Å²) in [6, 6.07) is 9.25. The molecule has 0 aliphatic heterocycles. The molecule has 0 saturated carbocycles. The first-order valence-electron chi connectivity index (χ1n) is 8.01. The van der Waals surface area contributed by atoms with E-state index in [-0.39, 0.29) is 36.1 Å². The molecule has 0 bridgehead atoms. The van der Waals surface area contributed by atoms with Crippen molar-refractivity contribution in [3.8, 4) is 11.6 Å². The molecular formula is C19H15F2N3O3. The van der Waals surface area contributed by atoms with Crippen molar-refractivity contribution < 1.29 is 18.3 Å². The average Bonchev–Trinajstić information content (AvgIpc) is 2.66. The summed E-state index contributed by atoms with van der Waals surface area (Å²) in [5.41, 5.74) is 0.427. The Balaban J connectivity index is 1.65. The molecule has 0 saturated heterocycles. The summed E-state index contributed by atoms with van der Waals surface area (Å²) in [4.78, 5) is 27.2. The van der Waals surface area contributed by atoms with Crippen molar-refractivity contribution in [2.45, 2.75) is 13.1 Å². The summed E-state index contributed by atoms with van der Waals surface area (Å²) in [6.07, 6.45) is 4.52. The minimum absolute atomic E-state index is 0.0416. The van der Waals surface area contributed by atoms with Gasteiger partial charge in [-0.3, -0.25) is 9.59 Å². The van der Waals surface area contributed by atoms with Crippen LogP contribution in [0.1, 0.15) is 5.56 Å². The molecule has 3 rings (SSSR count). The van der Waals surface area contributed by atoms with Crippen LogP contribution in [0.25, 0.3) is 0 Å². The van der Waals surface area contributed by atoms with Gasteiger partial charge >= 0.3 is 0 Å². The molecule has 1 N–H and O–H groups in total. The van der Waals surface area contributed by atoms with Gasteiger partial charge in [-0.1, -0.05) is 6.07 Å². The molecule has 1 aromatic carbocycles. The van der Waals surface area contributed by atoms with E-state index >= 15 is 0 Å². The molecule has 0 atom stereocenters. The van der Waals surface area contributed by atoms with E-state index in [4.69, 9.17) is 4.74 Å². The fourth-order valence-electron chi connectivity index (χ4n) is 2.27. The van der Waals surface area contributed by atoms with E-state index in [1.165, 1.54) is 36.8 Å². The van der Waals surface area contributed by atoms with Gasteiger partial charge in [0.1, 0.15) is 12.3 Å². The summed E-state index contributed by atoms with van der Waals surface area (Å²) >= 11 is 0. The number of rotatable bonds is 6. The lowest BCUT2D eigenvalue weighted by molar-refractivity contribution is -0.121. The number of hydrogen-bond donors (Lipinski definition) is 1. The van der Waals surface area contributed by atoms with Gasteiger partial charge in [-0.05, 0) is 18.2 Å². The molecule has 3 aromatic rings. The molecule has 0 unspecified atom stereocenters. The van der Waals surface area contributed by atoms with Gasteiger partial charge in [0, 0.05) is 48.9 Å². The number of carbonyl (C=O) groups excluding carboxylic acids is 1. The molecule has 2 aromatic heterocycles. The lowest BCUT2D eigenvalue weighted by Crippen LogP contribution is -2.27. The van der Waals surface area contributed by atoms with Crippen LogP contribution in [0.15, 0.2) is 65.8 Å². The van der Waals surface area contributed by atoms with Crippen LogP contribution in [0.5, 0.6) is 11.6 Å². The van der Waals surface area contributed by atoms with Crippen LogP contribution in [-0.2, 0) is 17.9 Å². The lowest BCUT2D eigenvalue weighted by Gasteiger charge is -2.11. The van der Waals surface area contributed by atoms with Crippen LogP contribution < -0.4 is 15.5 Å². The van der Waals surface area contributed by atoms with Gasteiger partial charge in [-0.25, -0.2) is 13.8 Å². The van der Waals surface area contributed by atoms with Crippen LogP contribution in [0.2, 0.25) is 0 Å². The van der Waals surface area contributed by atoms with Crippen molar-refractivity contribution in [1.29, 1.82) is 0 Å². The molecule has 8 heteroatoms. The second-order valence-electron chi connectivity index (χ2n) is 5.63. The third-order valence-electron chi connectivity index (χ3n) is 3.62. The molecule has 0 radical (unpaired) electrons. The Morgan fingerprint density at radius 2 is 1.89 bits per heavy atom. The molecule has 6 nitrogen and oxygen atoms in total. The van der Waals surface area contributed by atoms with E-state index in [1.54, 1.807) is 16.7 Å². The molecule has 0 aliphatic carbocycles. The number of pyridine rings is 2. The molecule has 0 fully saturated rings. The predicted octanol–water partition coefficient (Wildman–Crippen LogP) is 2.63. The number of carbonyl (C=O) groups is 1. The minimum atomic E-state index is -1.03. The topological polar surface area (TPSA) is 73.2 Å².